The summed E-state index contributed by atoms with van der Waals surface area (Å²) in [5.74, 6) is 0.592. The number of fused-ring (bicyclic) bond motifs is 1. The first-order valence-electron chi connectivity index (χ1n) is 10.1. The number of hydrogen-bond donors (Lipinski definition) is 1. The van der Waals surface area contributed by atoms with Gasteiger partial charge in [0, 0.05) is 36.5 Å². The smallest absolute Gasteiger partial charge is 0.253 e. The molecule has 0 spiro atoms. The van der Waals surface area contributed by atoms with Gasteiger partial charge in [0.1, 0.15) is 6.04 Å². The first-order chi connectivity index (χ1) is 13.5. The molecular formula is C21H27N3O3S. The number of anilines is 1. The number of hydrogen-bond acceptors (Lipinski definition) is 4. The van der Waals surface area contributed by atoms with Crippen LogP contribution in [0, 0.1) is 0 Å². The van der Waals surface area contributed by atoms with Crippen molar-refractivity contribution in [1.29, 1.82) is 0 Å². The van der Waals surface area contributed by atoms with Gasteiger partial charge in [0.15, 0.2) is 0 Å². The first-order valence-corrected chi connectivity index (χ1v) is 11.1. The molecule has 4 rings (SSSR count). The van der Waals surface area contributed by atoms with E-state index < -0.39 is 6.04 Å². The molecule has 3 aliphatic rings. The third-order valence-corrected chi connectivity index (χ3v) is 7.55. The van der Waals surface area contributed by atoms with Gasteiger partial charge in [-0.15, -0.1) is 11.8 Å². The maximum atomic E-state index is 12.8. The van der Waals surface area contributed by atoms with Gasteiger partial charge in [0.05, 0.1) is 4.87 Å². The molecule has 0 radical (unpaired) electrons. The standard InChI is InChI=1S/C21H27N3O3S/c1-21-11-10-18(25)24(21)17(14-28-21)19(26)22-16-8-6-15(7-9-16)20(27)23-12-4-2-3-5-13-23/h6-9,17H,2-5,10-14H2,1H3,(H,22,26). The quantitative estimate of drug-likeness (QED) is 0.845. The second kappa shape index (κ2) is 7.78. The summed E-state index contributed by atoms with van der Waals surface area (Å²) in [5, 5.41) is 2.92. The molecule has 3 aliphatic heterocycles. The molecule has 0 bridgehead atoms. The Morgan fingerprint density at radius 2 is 1.79 bits per heavy atom. The lowest BCUT2D eigenvalue weighted by Crippen LogP contribution is -2.48. The van der Waals surface area contributed by atoms with E-state index in [1.807, 2.05) is 11.8 Å². The predicted octanol–water partition coefficient (Wildman–Crippen LogP) is 3.10. The van der Waals surface area contributed by atoms with E-state index in [0.717, 1.165) is 32.4 Å². The third kappa shape index (κ3) is 3.64. The average Bonchev–Trinajstić information content (AvgIpc) is 3.03. The van der Waals surface area contributed by atoms with Crippen LogP contribution in [0.1, 0.15) is 55.8 Å². The minimum absolute atomic E-state index is 0.0606. The maximum absolute atomic E-state index is 12.8. The Morgan fingerprint density at radius 3 is 2.46 bits per heavy atom. The Hall–Kier alpha value is -2.02. The van der Waals surface area contributed by atoms with Crippen molar-refractivity contribution in [2.24, 2.45) is 0 Å². The Balaban J connectivity index is 1.40. The molecular weight excluding hydrogens is 374 g/mol. The number of thioether (sulfide) groups is 1. The Kier molecular flexibility index (Phi) is 5.36. The molecule has 3 heterocycles. The molecule has 7 heteroatoms. The minimum atomic E-state index is -0.427. The summed E-state index contributed by atoms with van der Waals surface area (Å²) in [4.78, 5) is 41.1. The SMILES string of the molecule is CC12CCC(=O)N1C(C(=O)Nc1ccc(C(=O)N3CCCCCC3)cc1)CS2. The number of carbonyl (C=O) groups excluding carboxylic acids is 3. The molecule has 0 aliphatic carbocycles. The topological polar surface area (TPSA) is 69.7 Å². The summed E-state index contributed by atoms with van der Waals surface area (Å²) in [6, 6.07) is 6.67. The molecule has 3 amide bonds. The zero-order chi connectivity index (χ0) is 19.7. The van der Waals surface area contributed by atoms with Crippen LogP contribution >= 0.6 is 11.8 Å². The summed E-state index contributed by atoms with van der Waals surface area (Å²) in [6.07, 6.45) is 5.81. The second-order valence-corrected chi connectivity index (χ2v) is 9.54. The summed E-state index contributed by atoms with van der Waals surface area (Å²) in [7, 11) is 0. The molecule has 1 N–H and O–H groups in total. The number of benzene rings is 1. The van der Waals surface area contributed by atoms with Gasteiger partial charge in [-0.3, -0.25) is 14.4 Å². The molecule has 0 saturated carbocycles. The maximum Gasteiger partial charge on any atom is 0.253 e. The number of amides is 3. The number of nitrogens with zero attached hydrogens (tertiary/aromatic N) is 2. The van der Waals surface area contributed by atoms with E-state index in [9.17, 15) is 14.4 Å². The zero-order valence-corrected chi connectivity index (χ0v) is 17.1. The summed E-state index contributed by atoms with van der Waals surface area (Å²) >= 11 is 1.68. The molecule has 3 fully saturated rings. The van der Waals surface area contributed by atoms with E-state index in [4.69, 9.17) is 0 Å². The van der Waals surface area contributed by atoms with Crippen molar-refractivity contribution in [1.82, 2.24) is 9.80 Å². The molecule has 1 aromatic carbocycles. The van der Waals surface area contributed by atoms with Crippen molar-refractivity contribution in [2.75, 3.05) is 24.2 Å². The first kappa shape index (κ1) is 19.3. The lowest BCUT2D eigenvalue weighted by Gasteiger charge is -2.29. The highest BCUT2D eigenvalue weighted by Gasteiger charge is 2.52. The largest absolute Gasteiger partial charge is 0.339 e. The van der Waals surface area contributed by atoms with Gasteiger partial charge in [-0.2, -0.15) is 0 Å². The fourth-order valence-corrected chi connectivity index (χ4v) is 5.82. The van der Waals surface area contributed by atoms with Gasteiger partial charge >= 0.3 is 0 Å². The van der Waals surface area contributed by atoms with E-state index in [-0.39, 0.29) is 22.6 Å². The predicted molar refractivity (Wildman–Crippen MR) is 110 cm³/mol. The zero-order valence-electron chi connectivity index (χ0n) is 16.3. The molecule has 6 nitrogen and oxygen atoms in total. The van der Waals surface area contributed by atoms with Gasteiger partial charge in [0.25, 0.3) is 5.91 Å². The molecule has 3 saturated heterocycles. The third-order valence-electron chi connectivity index (χ3n) is 6.04. The number of carbonyl (C=O) groups is 3. The van der Waals surface area contributed by atoms with Crippen LogP contribution in [0.5, 0.6) is 0 Å². The van der Waals surface area contributed by atoms with Gasteiger partial charge in [-0.1, -0.05) is 12.8 Å². The van der Waals surface area contributed by atoms with Gasteiger partial charge in [-0.25, -0.2) is 0 Å². The van der Waals surface area contributed by atoms with Crippen molar-refractivity contribution < 1.29 is 14.4 Å². The summed E-state index contributed by atoms with van der Waals surface area (Å²) in [5.41, 5.74) is 1.31. The fourth-order valence-electron chi connectivity index (χ4n) is 4.39. The van der Waals surface area contributed by atoms with Crippen molar-refractivity contribution in [3.63, 3.8) is 0 Å². The van der Waals surface area contributed by atoms with Crippen LogP contribution in [0.2, 0.25) is 0 Å². The van der Waals surface area contributed by atoms with Crippen molar-refractivity contribution in [3.8, 4) is 0 Å². The fraction of sp³-hybridized carbons (Fsp3) is 0.571. The highest BCUT2D eigenvalue weighted by atomic mass is 32.2. The Bertz CT molecular complexity index is 774. The normalized spacial score (nSPS) is 27.5. The van der Waals surface area contributed by atoms with Crippen molar-refractivity contribution in [3.05, 3.63) is 29.8 Å². The van der Waals surface area contributed by atoms with Crippen LogP contribution in [0.25, 0.3) is 0 Å². The van der Waals surface area contributed by atoms with Crippen molar-refractivity contribution >= 4 is 35.2 Å². The molecule has 2 unspecified atom stereocenters. The van der Waals surface area contributed by atoms with Crippen LogP contribution in [0.4, 0.5) is 5.69 Å². The van der Waals surface area contributed by atoms with E-state index in [1.54, 1.807) is 40.9 Å². The monoisotopic (exact) mass is 401 g/mol. The highest BCUT2D eigenvalue weighted by Crippen LogP contribution is 2.47. The summed E-state index contributed by atoms with van der Waals surface area (Å²) in [6.45, 7) is 3.68. The van der Waals surface area contributed by atoms with Crippen LogP contribution in [0.15, 0.2) is 24.3 Å². The molecule has 1 aromatic rings. The van der Waals surface area contributed by atoms with Crippen LogP contribution in [-0.2, 0) is 9.59 Å². The Morgan fingerprint density at radius 1 is 1.11 bits per heavy atom. The van der Waals surface area contributed by atoms with Crippen LogP contribution < -0.4 is 5.32 Å². The van der Waals surface area contributed by atoms with Gasteiger partial charge in [-0.05, 0) is 50.5 Å². The summed E-state index contributed by atoms with van der Waals surface area (Å²) < 4.78 is 0. The average molecular weight is 402 g/mol. The van der Waals surface area contributed by atoms with E-state index in [2.05, 4.69) is 5.32 Å². The molecule has 0 aromatic heterocycles. The molecule has 150 valence electrons. The number of likely N-dealkylation sites (tertiary alicyclic amines) is 1. The number of rotatable bonds is 3. The molecule has 2 atom stereocenters. The molecule has 28 heavy (non-hydrogen) atoms. The van der Waals surface area contributed by atoms with Crippen LogP contribution in [-0.4, -0.2) is 57.3 Å². The number of nitrogens with one attached hydrogen (secondary N) is 1. The van der Waals surface area contributed by atoms with E-state index in [0.29, 0.717) is 23.4 Å². The second-order valence-electron chi connectivity index (χ2n) is 8.04. The lowest BCUT2D eigenvalue weighted by atomic mass is 10.1. The van der Waals surface area contributed by atoms with Gasteiger partial charge < -0.3 is 15.1 Å². The lowest BCUT2D eigenvalue weighted by molar-refractivity contribution is -0.135. The van der Waals surface area contributed by atoms with E-state index in [1.165, 1.54) is 12.8 Å². The van der Waals surface area contributed by atoms with Crippen LogP contribution in [0.3, 0.4) is 0 Å². The minimum Gasteiger partial charge on any atom is -0.339 e. The van der Waals surface area contributed by atoms with Gasteiger partial charge in [0.2, 0.25) is 11.8 Å². The highest BCUT2D eigenvalue weighted by molar-refractivity contribution is 8.01. The van der Waals surface area contributed by atoms with E-state index >= 15 is 0 Å². The van der Waals surface area contributed by atoms with Crippen molar-refractivity contribution in [2.45, 2.75) is 56.4 Å². The Labute approximate surface area is 170 Å².